The molecular weight excluding hydrogens is 236 g/mol. The molecule has 6 saturated carbocycles. The van der Waals surface area contributed by atoms with Crippen molar-refractivity contribution in [2.24, 2.45) is 41.4 Å². The van der Waals surface area contributed by atoms with Crippen molar-refractivity contribution in [2.45, 2.75) is 24.0 Å². The predicted octanol–water partition coefficient (Wildman–Crippen LogP) is 1.42. The highest BCUT2D eigenvalue weighted by Gasteiger charge is 2.89. The van der Waals surface area contributed by atoms with Crippen LogP contribution in [0.15, 0.2) is 30.3 Å². The zero-order valence-electron chi connectivity index (χ0n) is 10.7. The number of hydrogen-bond donors (Lipinski definition) is 2. The maximum atomic E-state index is 11.0. The lowest BCUT2D eigenvalue weighted by atomic mass is 9.61. The lowest BCUT2D eigenvalue weighted by molar-refractivity contribution is 0.0683. The van der Waals surface area contributed by atoms with E-state index in [2.05, 4.69) is 24.3 Å². The number of hydrogen-bond acceptors (Lipinski definition) is 2. The lowest BCUT2D eigenvalue weighted by Crippen LogP contribution is -2.44. The van der Waals surface area contributed by atoms with Gasteiger partial charge in [0, 0.05) is 11.3 Å². The SMILES string of the molecule is O[C@@H]1[C@H]2[C@H]3C[C@@H]4[C@@H]5[C@@H]3[C@@H]1[C@@](c1ccccc1)([C@@H]42)[C@H]5O. The molecule has 0 unspecified atom stereocenters. The zero-order chi connectivity index (χ0) is 12.5. The zero-order valence-corrected chi connectivity index (χ0v) is 10.7. The first-order valence-electron chi connectivity index (χ1n) is 7.69. The molecule has 0 aliphatic heterocycles. The molecule has 2 heteroatoms. The first kappa shape index (κ1) is 9.95. The second-order valence-corrected chi connectivity index (χ2v) is 7.58. The second kappa shape index (κ2) is 2.64. The number of aliphatic hydroxyl groups excluding tert-OH is 2. The molecule has 6 bridgehead atoms. The Morgan fingerprint density at radius 3 is 2.47 bits per heavy atom. The van der Waals surface area contributed by atoms with E-state index in [0.717, 1.165) is 5.92 Å². The van der Waals surface area contributed by atoms with Crippen molar-refractivity contribution in [3.05, 3.63) is 35.9 Å². The quantitative estimate of drug-likeness (QED) is 0.795. The molecule has 1 aromatic carbocycles. The van der Waals surface area contributed by atoms with Crippen LogP contribution in [0.2, 0.25) is 0 Å². The Balaban J connectivity index is 1.68. The van der Waals surface area contributed by atoms with Crippen molar-refractivity contribution in [1.29, 1.82) is 0 Å². The summed E-state index contributed by atoms with van der Waals surface area (Å²) in [6.07, 6.45) is 0.934. The Hall–Kier alpha value is -0.860. The van der Waals surface area contributed by atoms with Crippen LogP contribution in [0.4, 0.5) is 0 Å². The summed E-state index contributed by atoms with van der Waals surface area (Å²) in [5, 5.41) is 21.8. The molecule has 0 spiro atoms. The van der Waals surface area contributed by atoms with Gasteiger partial charge in [0.05, 0.1) is 12.2 Å². The van der Waals surface area contributed by atoms with Gasteiger partial charge in [-0.3, -0.25) is 0 Å². The summed E-state index contributed by atoms with van der Waals surface area (Å²) in [4.78, 5) is 0. The third-order valence-corrected chi connectivity index (χ3v) is 7.76. The van der Waals surface area contributed by atoms with Gasteiger partial charge in [-0.05, 0) is 47.5 Å². The molecule has 0 radical (unpaired) electrons. The summed E-state index contributed by atoms with van der Waals surface area (Å²) >= 11 is 0. The van der Waals surface area contributed by atoms with Crippen molar-refractivity contribution in [3.63, 3.8) is 0 Å². The number of rotatable bonds is 1. The van der Waals surface area contributed by atoms with Crippen LogP contribution in [0.5, 0.6) is 0 Å². The molecule has 10 atom stereocenters. The smallest absolute Gasteiger partial charge is 0.0677 e. The Morgan fingerprint density at radius 1 is 0.895 bits per heavy atom. The van der Waals surface area contributed by atoms with Gasteiger partial charge in [0.25, 0.3) is 0 Å². The van der Waals surface area contributed by atoms with E-state index in [-0.39, 0.29) is 17.6 Å². The van der Waals surface area contributed by atoms with Crippen molar-refractivity contribution < 1.29 is 10.2 Å². The minimum absolute atomic E-state index is 0.0989. The monoisotopic (exact) mass is 254 g/mol. The lowest BCUT2D eigenvalue weighted by Gasteiger charge is -2.42. The van der Waals surface area contributed by atoms with Gasteiger partial charge in [-0.2, -0.15) is 0 Å². The molecular formula is C17H18O2. The highest BCUT2D eigenvalue weighted by molar-refractivity contribution is 5.47. The number of aliphatic hydroxyl groups is 2. The van der Waals surface area contributed by atoms with Crippen LogP contribution in [0.3, 0.4) is 0 Å². The van der Waals surface area contributed by atoms with Crippen molar-refractivity contribution >= 4 is 0 Å². The standard InChI is InChI=1S/C17H18O2/c18-15-12-8-6-9-11-10(8)14(15)17(13(9)12,16(11)19)7-4-2-1-3-5-7/h1-5,8-16,18-19H,6H2/t8-,9+,10+,11+,12-,13-,14-,15+,16-,17+/m0/s1. The van der Waals surface area contributed by atoms with Gasteiger partial charge in [-0.15, -0.1) is 0 Å². The fraction of sp³-hybridized carbons (Fsp3) is 0.647. The Morgan fingerprint density at radius 2 is 1.68 bits per heavy atom. The summed E-state index contributed by atoms with van der Waals surface area (Å²) in [7, 11) is 0. The normalized spacial score (nSPS) is 65.9. The highest BCUT2D eigenvalue weighted by Crippen LogP contribution is 2.86. The van der Waals surface area contributed by atoms with E-state index >= 15 is 0 Å². The first-order chi connectivity index (χ1) is 9.28. The van der Waals surface area contributed by atoms with Crippen LogP contribution in [-0.2, 0) is 5.41 Å². The highest BCUT2D eigenvalue weighted by atomic mass is 16.3. The third-order valence-electron chi connectivity index (χ3n) is 7.76. The van der Waals surface area contributed by atoms with E-state index in [1.807, 2.05) is 6.07 Å². The Kier molecular flexibility index (Phi) is 1.38. The summed E-state index contributed by atoms with van der Waals surface area (Å²) in [5.74, 6) is 3.93. The van der Waals surface area contributed by atoms with Crippen LogP contribution in [0.25, 0.3) is 0 Å². The molecule has 6 fully saturated rings. The minimum Gasteiger partial charge on any atom is -0.392 e. The van der Waals surface area contributed by atoms with Gasteiger partial charge in [0.1, 0.15) is 0 Å². The van der Waals surface area contributed by atoms with Gasteiger partial charge < -0.3 is 10.2 Å². The molecule has 0 amide bonds. The minimum atomic E-state index is -0.202. The summed E-state index contributed by atoms with van der Waals surface area (Å²) < 4.78 is 0. The summed E-state index contributed by atoms with van der Waals surface area (Å²) in [5.41, 5.74) is 1.20. The molecule has 19 heavy (non-hydrogen) atoms. The van der Waals surface area contributed by atoms with E-state index in [0.29, 0.717) is 35.5 Å². The largest absolute Gasteiger partial charge is 0.392 e. The van der Waals surface area contributed by atoms with Crippen molar-refractivity contribution in [2.75, 3.05) is 0 Å². The van der Waals surface area contributed by atoms with E-state index in [9.17, 15) is 10.2 Å². The fourth-order valence-electron chi connectivity index (χ4n) is 7.93. The van der Waals surface area contributed by atoms with Gasteiger partial charge in [0.15, 0.2) is 0 Å². The van der Waals surface area contributed by atoms with Crippen molar-refractivity contribution in [1.82, 2.24) is 0 Å². The van der Waals surface area contributed by atoms with Crippen LogP contribution in [0, 0.1) is 41.4 Å². The third kappa shape index (κ3) is 0.696. The Labute approximate surface area is 112 Å². The Bertz CT molecular complexity index is 580. The average molecular weight is 254 g/mol. The maximum Gasteiger partial charge on any atom is 0.0677 e. The van der Waals surface area contributed by atoms with Gasteiger partial charge in [-0.25, -0.2) is 0 Å². The summed E-state index contributed by atoms with van der Waals surface area (Å²) in [6, 6.07) is 10.6. The second-order valence-electron chi connectivity index (χ2n) is 7.58. The summed E-state index contributed by atoms with van der Waals surface area (Å²) in [6.45, 7) is 0. The van der Waals surface area contributed by atoms with E-state index in [1.54, 1.807) is 0 Å². The van der Waals surface area contributed by atoms with Gasteiger partial charge >= 0.3 is 0 Å². The van der Waals surface area contributed by atoms with Crippen LogP contribution in [-0.4, -0.2) is 22.4 Å². The topological polar surface area (TPSA) is 40.5 Å². The molecule has 2 nitrogen and oxygen atoms in total. The van der Waals surface area contributed by atoms with E-state index < -0.39 is 0 Å². The maximum absolute atomic E-state index is 11.0. The molecule has 2 N–H and O–H groups in total. The molecule has 7 rings (SSSR count). The predicted molar refractivity (Wildman–Crippen MR) is 69.2 cm³/mol. The average Bonchev–Trinajstić information content (AvgIpc) is 3.15. The van der Waals surface area contributed by atoms with Crippen molar-refractivity contribution in [3.8, 4) is 0 Å². The molecule has 6 aliphatic rings. The van der Waals surface area contributed by atoms with E-state index in [1.165, 1.54) is 12.0 Å². The number of benzene rings is 1. The molecule has 0 saturated heterocycles. The molecule has 0 aromatic heterocycles. The molecule has 0 heterocycles. The molecule has 1 aromatic rings. The van der Waals surface area contributed by atoms with E-state index in [4.69, 9.17) is 0 Å². The first-order valence-corrected chi connectivity index (χ1v) is 7.69. The van der Waals surface area contributed by atoms with Gasteiger partial charge in [0.2, 0.25) is 0 Å². The van der Waals surface area contributed by atoms with Gasteiger partial charge in [-0.1, -0.05) is 30.3 Å². The molecule has 6 aliphatic carbocycles. The molecule has 98 valence electrons. The van der Waals surface area contributed by atoms with Crippen LogP contribution < -0.4 is 0 Å². The fourth-order valence-corrected chi connectivity index (χ4v) is 7.93. The van der Waals surface area contributed by atoms with Crippen LogP contribution in [0.1, 0.15) is 12.0 Å². The van der Waals surface area contributed by atoms with Crippen LogP contribution >= 0.6 is 0 Å².